The second-order valence-electron chi connectivity index (χ2n) is 5.74. The van der Waals surface area contributed by atoms with E-state index in [0.29, 0.717) is 28.8 Å². The summed E-state index contributed by atoms with van der Waals surface area (Å²) in [6.45, 7) is 0.573. The van der Waals surface area contributed by atoms with Crippen LogP contribution < -0.4 is 15.8 Å². The van der Waals surface area contributed by atoms with E-state index in [1.54, 1.807) is 36.4 Å². The summed E-state index contributed by atoms with van der Waals surface area (Å²) in [4.78, 5) is 12.3. The Hall–Kier alpha value is -2.34. The molecule has 28 heavy (non-hydrogen) atoms. The predicted molar refractivity (Wildman–Crippen MR) is 112 cm³/mol. The number of carbonyl (C=O) groups excluding carboxylic acids is 1. The average Bonchev–Trinajstić information content (AvgIpc) is 3.09. The van der Waals surface area contributed by atoms with Crippen LogP contribution in [0.25, 0.3) is 0 Å². The minimum absolute atomic E-state index is 0.0829. The van der Waals surface area contributed by atoms with Crippen molar-refractivity contribution in [1.29, 1.82) is 0 Å². The van der Waals surface area contributed by atoms with Gasteiger partial charge in [-0.3, -0.25) is 10.1 Å². The topological polar surface area (TPSA) is 127 Å². The molecule has 0 atom stereocenters. The molecule has 146 valence electrons. The fraction of sp³-hybridized carbons (Fsp3) is 0.118. The summed E-state index contributed by atoms with van der Waals surface area (Å²) in [7, 11) is -3.68. The van der Waals surface area contributed by atoms with E-state index in [1.165, 1.54) is 23.5 Å². The highest BCUT2D eigenvalue weighted by atomic mass is 79.9. The summed E-state index contributed by atoms with van der Waals surface area (Å²) in [5.74, 6) is -0.259. The van der Waals surface area contributed by atoms with Gasteiger partial charge in [0.2, 0.25) is 20.3 Å². The summed E-state index contributed by atoms with van der Waals surface area (Å²) < 4.78 is 23.4. The second-order valence-corrected chi connectivity index (χ2v) is 9.19. The third-order valence-electron chi connectivity index (χ3n) is 3.69. The normalized spacial score (nSPS) is 11.2. The Morgan fingerprint density at radius 2 is 1.68 bits per heavy atom. The number of hydrogen-bond acceptors (Lipinski definition) is 7. The maximum absolute atomic E-state index is 12.2. The number of amides is 1. The smallest absolute Gasteiger partial charge is 0.257 e. The van der Waals surface area contributed by atoms with Gasteiger partial charge >= 0.3 is 0 Å². The van der Waals surface area contributed by atoms with E-state index in [0.717, 1.165) is 10.0 Å². The zero-order valence-corrected chi connectivity index (χ0v) is 17.6. The number of carbonyl (C=O) groups is 1. The van der Waals surface area contributed by atoms with E-state index in [4.69, 9.17) is 5.14 Å². The molecule has 3 rings (SSSR count). The van der Waals surface area contributed by atoms with Crippen molar-refractivity contribution in [1.82, 2.24) is 10.2 Å². The molecule has 0 aliphatic rings. The molecule has 8 nitrogen and oxygen atoms in total. The van der Waals surface area contributed by atoms with Crippen molar-refractivity contribution < 1.29 is 13.2 Å². The molecule has 2 aromatic carbocycles. The lowest BCUT2D eigenvalue weighted by Crippen LogP contribution is -2.12. The summed E-state index contributed by atoms with van der Waals surface area (Å²) >= 11 is 4.55. The quantitative estimate of drug-likeness (QED) is 0.475. The van der Waals surface area contributed by atoms with Crippen LogP contribution in [0.3, 0.4) is 0 Å². The van der Waals surface area contributed by atoms with Crippen LogP contribution in [0.4, 0.5) is 10.3 Å². The standard InChI is InChI=1S/C17H16BrN5O3S2/c18-13-5-3-12(4-6-13)15(24)21-17-23-22-16(27-17)20-10-9-11-1-7-14(8-2-11)28(19,25)26/h1-8H,9-10H2,(H,20,22)(H2,19,25,26)(H,21,23,24). The van der Waals surface area contributed by atoms with Crippen LogP contribution in [0, 0.1) is 0 Å². The van der Waals surface area contributed by atoms with Crippen molar-refractivity contribution in [3.8, 4) is 0 Å². The number of rotatable bonds is 7. The highest BCUT2D eigenvalue weighted by molar-refractivity contribution is 9.10. The van der Waals surface area contributed by atoms with Gasteiger partial charge in [0.15, 0.2) is 0 Å². The first-order chi connectivity index (χ1) is 13.3. The predicted octanol–water partition coefficient (Wildman–Crippen LogP) is 2.85. The van der Waals surface area contributed by atoms with Gasteiger partial charge in [0, 0.05) is 16.6 Å². The molecular weight excluding hydrogens is 466 g/mol. The van der Waals surface area contributed by atoms with Crippen molar-refractivity contribution in [2.75, 3.05) is 17.2 Å². The number of benzene rings is 2. The van der Waals surface area contributed by atoms with Crippen molar-refractivity contribution in [3.05, 3.63) is 64.1 Å². The number of anilines is 2. The van der Waals surface area contributed by atoms with E-state index in [2.05, 4.69) is 36.8 Å². The summed E-state index contributed by atoms with van der Waals surface area (Å²) in [5, 5.41) is 19.8. The Kier molecular flexibility index (Phi) is 6.39. The first kappa shape index (κ1) is 20.4. The highest BCUT2D eigenvalue weighted by Gasteiger charge is 2.10. The molecule has 3 aromatic rings. The number of hydrogen-bond donors (Lipinski definition) is 3. The van der Waals surface area contributed by atoms with Crippen molar-refractivity contribution in [2.45, 2.75) is 11.3 Å². The monoisotopic (exact) mass is 481 g/mol. The van der Waals surface area contributed by atoms with Crippen molar-refractivity contribution in [3.63, 3.8) is 0 Å². The van der Waals surface area contributed by atoms with Crippen LogP contribution in [-0.4, -0.2) is 31.1 Å². The van der Waals surface area contributed by atoms with Gasteiger partial charge in [0.05, 0.1) is 4.90 Å². The lowest BCUT2D eigenvalue weighted by molar-refractivity contribution is 0.102. The third kappa shape index (κ3) is 5.58. The van der Waals surface area contributed by atoms with Gasteiger partial charge in [-0.15, -0.1) is 10.2 Å². The minimum Gasteiger partial charge on any atom is -0.360 e. The Balaban J connectivity index is 1.50. The molecule has 0 saturated heterocycles. The zero-order chi connectivity index (χ0) is 20.1. The number of nitrogens with zero attached hydrogens (tertiary/aromatic N) is 2. The molecule has 0 saturated carbocycles. The van der Waals surface area contributed by atoms with Gasteiger partial charge in [-0.2, -0.15) is 0 Å². The molecule has 0 radical (unpaired) electrons. The largest absolute Gasteiger partial charge is 0.360 e. The molecule has 0 aliphatic carbocycles. The second kappa shape index (κ2) is 8.78. The molecular formula is C17H16BrN5O3S2. The molecule has 0 bridgehead atoms. The Labute approximate surface area is 174 Å². The highest BCUT2D eigenvalue weighted by Crippen LogP contribution is 2.21. The van der Waals surface area contributed by atoms with E-state index in [1.807, 2.05) is 0 Å². The van der Waals surface area contributed by atoms with Crippen LogP contribution in [0.5, 0.6) is 0 Å². The zero-order valence-electron chi connectivity index (χ0n) is 14.4. The van der Waals surface area contributed by atoms with Crippen molar-refractivity contribution >= 4 is 53.5 Å². The van der Waals surface area contributed by atoms with Crippen LogP contribution in [0.2, 0.25) is 0 Å². The SMILES string of the molecule is NS(=O)(=O)c1ccc(CCNc2nnc(NC(=O)c3ccc(Br)cc3)s2)cc1. The molecule has 11 heteroatoms. The molecule has 4 N–H and O–H groups in total. The van der Waals surface area contributed by atoms with Crippen LogP contribution in [-0.2, 0) is 16.4 Å². The fourth-order valence-corrected chi connectivity index (χ4v) is 3.72. The Morgan fingerprint density at radius 1 is 1.04 bits per heavy atom. The Bertz CT molecular complexity index is 1070. The van der Waals surface area contributed by atoms with Gasteiger partial charge in [-0.05, 0) is 48.4 Å². The first-order valence-corrected chi connectivity index (χ1v) is 11.2. The number of primary sulfonamides is 1. The van der Waals surface area contributed by atoms with Crippen LogP contribution >= 0.6 is 27.3 Å². The molecule has 0 spiro atoms. The maximum Gasteiger partial charge on any atom is 0.257 e. The fourth-order valence-electron chi connectivity index (χ4n) is 2.28. The number of aromatic nitrogens is 2. The van der Waals surface area contributed by atoms with Gasteiger partial charge in [-0.25, -0.2) is 13.6 Å². The van der Waals surface area contributed by atoms with Gasteiger partial charge in [0.25, 0.3) is 5.91 Å². The lowest BCUT2D eigenvalue weighted by atomic mass is 10.1. The van der Waals surface area contributed by atoms with E-state index in [-0.39, 0.29) is 10.8 Å². The van der Waals surface area contributed by atoms with Gasteiger partial charge in [0.1, 0.15) is 0 Å². The molecule has 1 heterocycles. The number of nitrogens with one attached hydrogen (secondary N) is 2. The van der Waals surface area contributed by atoms with Crippen LogP contribution in [0.1, 0.15) is 15.9 Å². The number of halogens is 1. The molecule has 1 aromatic heterocycles. The Morgan fingerprint density at radius 3 is 2.32 bits per heavy atom. The third-order valence-corrected chi connectivity index (χ3v) is 5.95. The van der Waals surface area contributed by atoms with Crippen LogP contribution in [0.15, 0.2) is 57.9 Å². The average molecular weight is 482 g/mol. The van der Waals surface area contributed by atoms with E-state index >= 15 is 0 Å². The molecule has 0 fully saturated rings. The van der Waals surface area contributed by atoms with Gasteiger partial charge < -0.3 is 5.32 Å². The number of nitrogens with two attached hydrogens (primary N) is 1. The minimum atomic E-state index is -3.68. The number of sulfonamides is 1. The summed E-state index contributed by atoms with van der Waals surface area (Å²) in [5.41, 5.74) is 1.48. The summed E-state index contributed by atoms with van der Waals surface area (Å²) in [6, 6.07) is 13.4. The lowest BCUT2D eigenvalue weighted by Gasteiger charge is -2.04. The van der Waals surface area contributed by atoms with E-state index in [9.17, 15) is 13.2 Å². The molecule has 1 amide bonds. The molecule has 0 unspecified atom stereocenters. The first-order valence-electron chi connectivity index (χ1n) is 8.07. The maximum atomic E-state index is 12.2. The van der Waals surface area contributed by atoms with Gasteiger partial charge in [-0.1, -0.05) is 39.4 Å². The van der Waals surface area contributed by atoms with Crippen molar-refractivity contribution in [2.24, 2.45) is 5.14 Å². The summed E-state index contributed by atoms with van der Waals surface area (Å²) in [6.07, 6.45) is 0.658. The van der Waals surface area contributed by atoms with E-state index < -0.39 is 10.0 Å². The molecule has 0 aliphatic heterocycles.